The van der Waals surface area contributed by atoms with Crippen molar-refractivity contribution >= 4 is 5.91 Å². The van der Waals surface area contributed by atoms with Gasteiger partial charge in [0.05, 0.1) is 6.61 Å². The fourth-order valence-corrected chi connectivity index (χ4v) is 2.03. The molecule has 0 radical (unpaired) electrons. The number of carbonyl (C=O) groups is 1. The molecule has 4 nitrogen and oxygen atoms in total. The van der Waals surface area contributed by atoms with Crippen molar-refractivity contribution in [2.24, 2.45) is 11.7 Å². The Hall–Kier alpha value is -0.610. The highest BCUT2D eigenvalue weighted by Gasteiger charge is 2.29. The number of hydrogen-bond acceptors (Lipinski definition) is 3. The zero-order chi connectivity index (χ0) is 12.9. The van der Waals surface area contributed by atoms with E-state index >= 15 is 0 Å². The Morgan fingerprint density at radius 3 is 2.47 bits per heavy atom. The molecule has 100 valence electrons. The van der Waals surface area contributed by atoms with E-state index in [-0.39, 0.29) is 24.1 Å². The number of ether oxygens (including phenoxy) is 1. The van der Waals surface area contributed by atoms with Gasteiger partial charge in [-0.1, -0.05) is 26.7 Å². The molecule has 0 heterocycles. The Morgan fingerprint density at radius 1 is 1.35 bits per heavy atom. The molecule has 0 bridgehead atoms. The molecule has 4 heteroatoms. The normalized spacial score (nSPS) is 20.5. The van der Waals surface area contributed by atoms with Crippen molar-refractivity contribution in [2.75, 3.05) is 13.2 Å². The molecule has 17 heavy (non-hydrogen) atoms. The average Bonchev–Trinajstić information content (AvgIpc) is 2.65. The second-order valence-corrected chi connectivity index (χ2v) is 5.66. The van der Waals surface area contributed by atoms with E-state index in [9.17, 15) is 4.79 Å². The Morgan fingerprint density at radius 2 is 1.94 bits per heavy atom. The van der Waals surface area contributed by atoms with Crippen molar-refractivity contribution in [1.82, 2.24) is 5.32 Å². The maximum Gasteiger partial charge on any atom is 0.246 e. The lowest BCUT2D eigenvalue weighted by Crippen LogP contribution is -2.43. The number of hydrogen-bond donors (Lipinski definition) is 2. The first-order chi connectivity index (χ1) is 7.93. The maximum absolute atomic E-state index is 11.6. The predicted molar refractivity (Wildman–Crippen MR) is 68.6 cm³/mol. The van der Waals surface area contributed by atoms with Crippen LogP contribution in [-0.4, -0.2) is 30.7 Å². The number of amides is 1. The van der Waals surface area contributed by atoms with E-state index in [1.54, 1.807) is 0 Å². The molecular formula is C13H26N2O2. The molecule has 1 fully saturated rings. The quantitative estimate of drug-likeness (QED) is 0.740. The maximum atomic E-state index is 11.6. The Balaban J connectivity index is 2.16. The van der Waals surface area contributed by atoms with Crippen molar-refractivity contribution in [1.29, 1.82) is 0 Å². The molecule has 1 atom stereocenters. The highest BCUT2D eigenvalue weighted by molar-refractivity contribution is 5.77. The monoisotopic (exact) mass is 242 g/mol. The molecule has 0 spiro atoms. The minimum absolute atomic E-state index is 0.0483. The van der Waals surface area contributed by atoms with Gasteiger partial charge >= 0.3 is 0 Å². The summed E-state index contributed by atoms with van der Waals surface area (Å²) >= 11 is 0. The van der Waals surface area contributed by atoms with Crippen LogP contribution < -0.4 is 11.1 Å². The Kier molecular flexibility index (Phi) is 5.40. The molecular weight excluding hydrogens is 216 g/mol. The van der Waals surface area contributed by atoms with Gasteiger partial charge in [-0.05, 0) is 25.7 Å². The second kappa shape index (κ2) is 6.36. The van der Waals surface area contributed by atoms with E-state index in [0.717, 1.165) is 12.8 Å². The lowest BCUT2D eigenvalue weighted by Gasteiger charge is -2.23. The number of carbonyl (C=O) groups excluding carboxylic acids is 1. The summed E-state index contributed by atoms with van der Waals surface area (Å²) in [6, 6.07) is 0.185. The van der Waals surface area contributed by atoms with Gasteiger partial charge in [-0.2, -0.15) is 0 Å². The highest BCUT2D eigenvalue weighted by Crippen LogP contribution is 2.27. The van der Waals surface area contributed by atoms with Gasteiger partial charge in [0, 0.05) is 11.6 Å². The van der Waals surface area contributed by atoms with Crippen LogP contribution in [0.4, 0.5) is 0 Å². The fraction of sp³-hybridized carbons (Fsp3) is 0.923. The van der Waals surface area contributed by atoms with Crippen molar-refractivity contribution in [3.63, 3.8) is 0 Å². The van der Waals surface area contributed by atoms with Gasteiger partial charge in [-0.3, -0.25) is 4.79 Å². The van der Waals surface area contributed by atoms with Crippen molar-refractivity contribution < 1.29 is 9.53 Å². The molecule has 3 N–H and O–H groups in total. The smallest absolute Gasteiger partial charge is 0.246 e. The molecule has 1 amide bonds. The van der Waals surface area contributed by atoms with E-state index in [4.69, 9.17) is 10.5 Å². The van der Waals surface area contributed by atoms with E-state index in [0.29, 0.717) is 12.5 Å². The van der Waals surface area contributed by atoms with Crippen LogP contribution in [0.2, 0.25) is 0 Å². The summed E-state index contributed by atoms with van der Waals surface area (Å²) in [5, 5.41) is 2.91. The largest absolute Gasteiger partial charge is 0.370 e. The van der Waals surface area contributed by atoms with Gasteiger partial charge in [0.2, 0.25) is 5.91 Å². The van der Waals surface area contributed by atoms with Crippen molar-refractivity contribution in [3.8, 4) is 0 Å². The summed E-state index contributed by atoms with van der Waals surface area (Å²) < 4.78 is 5.43. The SMILES string of the molecule is CC(C)C(C)NC(=O)COCC1(N)CCCC1. The summed E-state index contributed by atoms with van der Waals surface area (Å²) in [7, 11) is 0. The van der Waals surface area contributed by atoms with Gasteiger partial charge in [0.25, 0.3) is 0 Å². The fourth-order valence-electron chi connectivity index (χ4n) is 2.03. The zero-order valence-corrected chi connectivity index (χ0v) is 11.3. The molecule has 0 aromatic heterocycles. The minimum Gasteiger partial charge on any atom is -0.370 e. The van der Waals surface area contributed by atoms with Gasteiger partial charge in [-0.15, -0.1) is 0 Å². The third-order valence-corrected chi connectivity index (χ3v) is 3.61. The van der Waals surface area contributed by atoms with E-state index < -0.39 is 0 Å². The summed E-state index contributed by atoms with van der Waals surface area (Å²) in [5.41, 5.74) is 5.95. The molecule has 0 aromatic rings. The third-order valence-electron chi connectivity index (χ3n) is 3.61. The van der Waals surface area contributed by atoms with Crippen LogP contribution in [0.15, 0.2) is 0 Å². The number of nitrogens with two attached hydrogens (primary N) is 1. The first-order valence-corrected chi connectivity index (χ1v) is 6.59. The molecule has 0 aromatic carbocycles. The molecule has 1 aliphatic carbocycles. The van der Waals surface area contributed by atoms with Crippen LogP contribution >= 0.6 is 0 Å². The van der Waals surface area contributed by atoms with Gasteiger partial charge < -0.3 is 15.8 Å². The predicted octanol–water partition coefficient (Wildman–Crippen LogP) is 1.44. The van der Waals surface area contributed by atoms with Crippen LogP contribution in [-0.2, 0) is 9.53 Å². The van der Waals surface area contributed by atoms with Crippen molar-refractivity contribution in [3.05, 3.63) is 0 Å². The summed E-state index contributed by atoms with van der Waals surface area (Å²) in [4.78, 5) is 11.6. The third kappa shape index (κ3) is 5.04. The number of nitrogens with one attached hydrogen (secondary N) is 1. The van der Waals surface area contributed by atoms with Gasteiger partial charge in [0.15, 0.2) is 0 Å². The first-order valence-electron chi connectivity index (χ1n) is 6.59. The lowest BCUT2D eigenvalue weighted by atomic mass is 10.0. The molecule has 1 saturated carbocycles. The standard InChI is InChI=1S/C13H26N2O2/c1-10(2)11(3)15-12(16)8-17-9-13(14)6-4-5-7-13/h10-11H,4-9,14H2,1-3H3,(H,15,16). The van der Waals surface area contributed by atoms with Gasteiger partial charge in [-0.25, -0.2) is 0 Å². The van der Waals surface area contributed by atoms with Crippen LogP contribution in [0.1, 0.15) is 46.5 Å². The average molecular weight is 242 g/mol. The van der Waals surface area contributed by atoms with Crippen LogP contribution in [0.3, 0.4) is 0 Å². The van der Waals surface area contributed by atoms with E-state index in [1.165, 1.54) is 12.8 Å². The topological polar surface area (TPSA) is 64.3 Å². The minimum atomic E-state index is -0.191. The highest BCUT2D eigenvalue weighted by atomic mass is 16.5. The summed E-state index contributed by atoms with van der Waals surface area (Å²) in [6.45, 7) is 6.79. The van der Waals surface area contributed by atoms with Crippen molar-refractivity contribution in [2.45, 2.75) is 58.0 Å². The second-order valence-electron chi connectivity index (χ2n) is 5.66. The van der Waals surface area contributed by atoms with Crippen LogP contribution in [0.25, 0.3) is 0 Å². The van der Waals surface area contributed by atoms with E-state index in [2.05, 4.69) is 19.2 Å². The van der Waals surface area contributed by atoms with E-state index in [1.807, 2.05) is 6.92 Å². The summed E-state index contributed by atoms with van der Waals surface area (Å²) in [6.07, 6.45) is 4.38. The lowest BCUT2D eigenvalue weighted by molar-refractivity contribution is -0.127. The molecule has 0 aliphatic heterocycles. The molecule has 1 unspecified atom stereocenters. The molecule has 1 rings (SSSR count). The Bertz CT molecular complexity index is 248. The van der Waals surface area contributed by atoms with Crippen LogP contribution in [0, 0.1) is 5.92 Å². The molecule has 0 saturated heterocycles. The summed E-state index contributed by atoms with van der Waals surface area (Å²) in [5.74, 6) is 0.391. The van der Waals surface area contributed by atoms with Gasteiger partial charge in [0.1, 0.15) is 6.61 Å². The molecule has 1 aliphatic rings. The number of rotatable bonds is 6. The van der Waals surface area contributed by atoms with Crippen LogP contribution in [0.5, 0.6) is 0 Å². The zero-order valence-electron chi connectivity index (χ0n) is 11.3. The Labute approximate surface area is 104 Å². The first kappa shape index (κ1) is 14.5.